The highest BCUT2D eigenvalue weighted by atomic mass is 16.7. The summed E-state index contributed by atoms with van der Waals surface area (Å²) in [7, 11) is -0.580. The molecule has 0 radical (unpaired) electrons. The van der Waals surface area contributed by atoms with Crippen molar-refractivity contribution in [1.29, 1.82) is 0 Å². The van der Waals surface area contributed by atoms with Gasteiger partial charge in [-0.15, -0.1) is 0 Å². The molecule has 0 aliphatic carbocycles. The quantitative estimate of drug-likeness (QED) is 0.531. The maximum Gasteiger partial charge on any atom is 0.492 e. The minimum atomic E-state index is -0.580. The zero-order valence-corrected chi connectivity index (χ0v) is 19.0. The van der Waals surface area contributed by atoms with Gasteiger partial charge in [-0.1, -0.05) is 48.5 Å². The Morgan fingerprint density at radius 3 is 2.47 bits per heavy atom. The molecule has 1 amide bonds. The SMILES string of the molecule is CC1(C)OB(C(=Cc2cccc3[nH]ccc23)CNC(=O)OCc2ccccc2)OC1(C)C. The molecule has 7 heteroatoms. The van der Waals surface area contributed by atoms with Crippen LogP contribution in [-0.4, -0.2) is 35.9 Å². The second-order valence-corrected chi connectivity index (χ2v) is 9.01. The molecule has 1 fully saturated rings. The first kappa shape index (κ1) is 22.2. The van der Waals surface area contributed by atoms with Crippen LogP contribution in [0.4, 0.5) is 4.79 Å². The van der Waals surface area contributed by atoms with E-state index in [4.69, 9.17) is 14.0 Å². The molecule has 2 N–H and O–H groups in total. The van der Waals surface area contributed by atoms with Gasteiger partial charge >= 0.3 is 13.2 Å². The Kier molecular flexibility index (Phi) is 6.13. The third kappa shape index (κ3) is 4.74. The van der Waals surface area contributed by atoms with E-state index in [1.54, 1.807) is 0 Å². The Hall–Kier alpha value is -3.03. The van der Waals surface area contributed by atoms with E-state index in [0.717, 1.165) is 27.5 Å². The summed E-state index contributed by atoms with van der Waals surface area (Å²) in [6, 6.07) is 17.7. The molecule has 0 bridgehead atoms. The van der Waals surface area contributed by atoms with Crippen molar-refractivity contribution in [1.82, 2.24) is 10.3 Å². The zero-order chi connectivity index (χ0) is 22.8. The molecule has 6 nitrogen and oxygen atoms in total. The van der Waals surface area contributed by atoms with Crippen molar-refractivity contribution < 1.29 is 18.8 Å². The fourth-order valence-electron chi connectivity index (χ4n) is 3.58. The first-order valence-corrected chi connectivity index (χ1v) is 10.8. The fraction of sp³-hybridized carbons (Fsp3) is 0.320. The number of aromatic nitrogens is 1. The van der Waals surface area contributed by atoms with E-state index in [-0.39, 0.29) is 13.2 Å². The Morgan fingerprint density at radius 2 is 1.75 bits per heavy atom. The van der Waals surface area contributed by atoms with Gasteiger partial charge in [-0.05, 0) is 56.4 Å². The summed E-state index contributed by atoms with van der Waals surface area (Å²) >= 11 is 0. The second-order valence-electron chi connectivity index (χ2n) is 9.01. The summed E-state index contributed by atoms with van der Waals surface area (Å²) in [4.78, 5) is 15.6. The largest absolute Gasteiger partial charge is 0.492 e. The van der Waals surface area contributed by atoms with Gasteiger partial charge in [0.1, 0.15) is 6.61 Å². The van der Waals surface area contributed by atoms with Gasteiger partial charge in [0.05, 0.1) is 11.2 Å². The predicted octanol–water partition coefficient (Wildman–Crippen LogP) is 5.11. The number of aromatic amines is 1. The Balaban J connectivity index is 1.53. The van der Waals surface area contributed by atoms with Gasteiger partial charge < -0.3 is 24.3 Å². The third-order valence-electron chi connectivity index (χ3n) is 6.18. The van der Waals surface area contributed by atoms with Crippen LogP contribution in [0.2, 0.25) is 0 Å². The number of fused-ring (bicyclic) bond motifs is 1. The number of amides is 1. The lowest BCUT2D eigenvalue weighted by Crippen LogP contribution is -2.41. The topological polar surface area (TPSA) is 72.6 Å². The zero-order valence-electron chi connectivity index (χ0n) is 19.0. The maximum absolute atomic E-state index is 12.4. The lowest BCUT2D eigenvalue weighted by molar-refractivity contribution is 0.00578. The van der Waals surface area contributed by atoms with Crippen molar-refractivity contribution >= 4 is 30.2 Å². The standard InChI is InChI=1S/C25H29BN2O4/c1-24(2)25(3,4)32-26(31-24)20(15-19-11-8-12-22-21(19)13-14-27-22)16-28-23(29)30-17-18-9-6-5-7-10-18/h5-15,27H,16-17H2,1-4H3,(H,28,29). The van der Waals surface area contributed by atoms with Crippen LogP contribution >= 0.6 is 0 Å². The van der Waals surface area contributed by atoms with Crippen LogP contribution in [-0.2, 0) is 20.7 Å². The first-order valence-electron chi connectivity index (χ1n) is 10.8. The van der Waals surface area contributed by atoms with Crippen molar-refractivity contribution in [3.05, 3.63) is 77.4 Å². The van der Waals surface area contributed by atoms with Crippen LogP contribution in [0.5, 0.6) is 0 Å². The van der Waals surface area contributed by atoms with Gasteiger partial charge in [-0.25, -0.2) is 4.79 Å². The van der Waals surface area contributed by atoms with Gasteiger partial charge in [0.25, 0.3) is 0 Å². The number of alkyl carbamates (subject to hydrolysis) is 1. The molecular weight excluding hydrogens is 403 g/mol. The molecule has 0 atom stereocenters. The summed E-state index contributed by atoms with van der Waals surface area (Å²) in [6.07, 6.45) is 3.45. The van der Waals surface area contributed by atoms with Crippen molar-refractivity contribution in [2.75, 3.05) is 6.54 Å². The average molecular weight is 432 g/mol. The Morgan fingerprint density at radius 1 is 1.03 bits per heavy atom. The van der Waals surface area contributed by atoms with Gasteiger partial charge in [0.15, 0.2) is 0 Å². The van der Waals surface area contributed by atoms with Crippen molar-refractivity contribution in [2.24, 2.45) is 0 Å². The van der Waals surface area contributed by atoms with E-state index in [9.17, 15) is 4.79 Å². The summed E-state index contributed by atoms with van der Waals surface area (Å²) in [5, 5.41) is 3.94. The number of benzene rings is 2. The van der Waals surface area contributed by atoms with Crippen LogP contribution in [0.3, 0.4) is 0 Å². The molecule has 32 heavy (non-hydrogen) atoms. The smallest absolute Gasteiger partial charge is 0.445 e. The number of ether oxygens (including phenoxy) is 1. The molecule has 166 valence electrons. The van der Waals surface area contributed by atoms with Crippen molar-refractivity contribution in [2.45, 2.75) is 45.5 Å². The number of carbonyl (C=O) groups is 1. The molecule has 1 aromatic heterocycles. The lowest BCUT2D eigenvalue weighted by atomic mass is 9.76. The summed E-state index contributed by atoms with van der Waals surface area (Å²) in [5.41, 5.74) is 2.85. The molecule has 1 aliphatic heterocycles. The summed E-state index contributed by atoms with van der Waals surface area (Å²) in [6.45, 7) is 8.51. The van der Waals surface area contributed by atoms with Gasteiger partial charge in [0.2, 0.25) is 0 Å². The number of H-pyrrole nitrogens is 1. The van der Waals surface area contributed by atoms with Crippen LogP contribution in [0.15, 0.2) is 66.3 Å². The number of rotatable bonds is 6. The van der Waals surface area contributed by atoms with E-state index in [2.05, 4.69) is 10.3 Å². The normalized spacial score (nSPS) is 17.5. The van der Waals surface area contributed by atoms with Crippen LogP contribution < -0.4 is 5.32 Å². The van der Waals surface area contributed by atoms with Gasteiger partial charge in [-0.2, -0.15) is 0 Å². The second kappa shape index (κ2) is 8.84. The number of carbonyl (C=O) groups excluding carboxylic acids is 1. The molecule has 2 heterocycles. The average Bonchev–Trinajstić information content (AvgIpc) is 3.32. The van der Waals surface area contributed by atoms with E-state index in [1.807, 2.05) is 94.6 Å². The molecule has 1 saturated heterocycles. The Labute approximate surface area is 189 Å². The molecule has 4 rings (SSSR count). The van der Waals surface area contributed by atoms with E-state index >= 15 is 0 Å². The van der Waals surface area contributed by atoms with Crippen molar-refractivity contribution in [3.63, 3.8) is 0 Å². The predicted molar refractivity (Wildman–Crippen MR) is 127 cm³/mol. The molecule has 0 saturated carbocycles. The molecule has 1 aliphatic rings. The highest BCUT2D eigenvalue weighted by Gasteiger charge is 2.52. The number of hydrogen-bond donors (Lipinski definition) is 2. The highest BCUT2D eigenvalue weighted by Crippen LogP contribution is 2.39. The minimum Gasteiger partial charge on any atom is -0.445 e. The Bertz CT molecular complexity index is 1110. The molecule has 3 aromatic rings. The number of nitrogens with one attached hydrogen (secondary N) is 2. The molecular formula is C25H29BN2O4. The first-order chi connectivity index (χ1) is 15.2. The van der Waals surface area contributed by atoms with Crippen LogP contribution in [0.1, 0.15) is 38.8 Å². The van der Waals surface area contributed by atoms with Gasteiger partial charge in [0, 0.05) is 23.6 Å². The minimum absolute atomic E-state index is 0.213. The van der Waals surface area contributed by atoms with Gasteiger partial charge in [-0.3, -0.25) is 0 Å². The maximum atomic E-state index is 12.4. The molecule has 0 spiro atoms. The number of hydrogen-bond acceptors (Lipinski definition) is 4. The van der Waals surface area contributed by atoms with Crippen molar-refractivity contribution in [3.8, 4) is 0 Å². The summed E-state index contributed by atoms with van der Waals surface area (Å²) in [5.74, 6) is 0. The van der Waals surface area contributed by atoms with E-state index in [0.29, 0.717) is 0 Å². The lowest BCUT2D eigenvalue weighted by Gasteiger charge is -2.32. The highest BCUT2D eigenvalue weighted by molar-refractivity contribution is 6.56. The molecule has 2 aromatic carbocycles. The van der Waals surface area contributed by atoms with E-state index < -0.39 is 24.4 Å². The van der Waals surface area contributed by atoms with E-state index in [1.165, 1.54) is 0 Å². The van der Waals surface area contributed by atoms with Crippen LogP contribution in [0.25, 0.3) is 17.0 Å². The monoisotopic (exact) mass is 432 g/mol. The fourth-order valence-corrected chi connectivity index (χ4v) is 3.58. The molecule has 0 unspecified atom stereocenters. The van der Waals surface area contributed by atoms with Crippen LogP contribution in [0, 0.1) is 0 Å². The third-order valence-corrected chi connectivity index (χ3v) is 6.18. The summed E-state index contributed by atoms with van der Waals surface area (Å²) < 4.78 is 17.9.